The van der Waals surface area contributed by atoms with E-state index in [2.05, 4.69) is 19.1 Å². The minimum atomic E-state index is -0.327. The van der Waals surface area contributed by atoms with Gasteiger partial charge in [-0.15, -0.1) is 0 Å². The monoisotopic (exact) mass is 244 g/mol. The molecule has 1 aromatic rings. The first-order valence-electron chi connectivity index (χ1n) is 6.41. The number of ether oxygens (including phenoxy) is 1. The third-order valence-electron chi connectivity index (χ3n) is 4.44. The summed E-state index contributed by atoms with van der Waals surface area (Å²) in [5.41, 5.74) is 1.22. The van der Waals surface area contributed by atoms with E-state index in [-0.39, 0.29) is 29.2 Å². The fourth-order valence-electron chi connectivity index (χ4n) is 3.29. The molecule has 0 unspecified atom stereocenters. The SMILES string of the molecule is C[C@]1(c2ccccc2)CC[C@@H]2C(=O)OC(=O)[C@@H]2C1. The molecular formula is C15H16O3. The van der Waals surface area contributed by atoms with Gasteiger partial charge in [-0.1, -0.05) is 37.3 Å². The van der Waals surface area contributed by atoms with Crippen LogP contribution < -0.4 is 0 Å². The summed E-state index contributed by atoms with van der Waals surface area (Å²) in [6.45, 7) is 2.18. The van der Waals surface area contributed by atoms with Crippen molar-refractivity contribution in [3.05, 3.63) is 35.9 Å². The normalized spacial score (nSPS) is 35.2. The summed E-state index contributed by atoms with van der Waals surface area (Å²) in [6, 6.07) is 10.2. The van der Waals surface area contributed by atoms with Gasteiger partial charge in [0.25, 0.3) is 0 Å². The molecule has 1 aliphatic carbocycles. The van der Waals surface area contributed by atoms with Crippen molar-refractivity contribution < 1.29 is 14.3 Å². The lowest BCUT2D eigenvalue weighted by atomic mass is 9.64. The minimum Gasteiger partial charge on any atom is -0.393 e. The lowest BCUT2D eigenvalue weighted by Crippen LogP contribution is -2.36. The standard InChI is InChI=1S/C15H16O3/c1-15(10-5-3-2-4-6-10)8-7-11-12(9-15)14(17)18-13(11)16/h2-6,11-12H,7-9H2,1H3/t11-,12+,15-/m0/s1. The molecule has 2 aliphatic rings. The molecule has 3 heteroatoms. The van der Waals surface area contributed by atoms with Crippen LogP contribution in [0.15, 0.2) is 30.3 Å². The zero-order chi connectivity index (χ0) is 12.8. The Hall–Kier alpha value is -1.64. The third-order valence-corrected chi connectivity index (χ3v) is 4.44. The Bertz CT molecular complexity index is 494. The average molecular weight is 244 g/mol. The van der Waals surface area contributed by atoms with Gasteiger partial charge in [0.2, 0.25) is 0 Å². The van der Waals surface area contributed by atoms with E-state index < -0.39 is 0 Å². The number of rotatable bonds is 1. The van der Waals surface area contributed by atoms with Gasteiger partial charge in [-0.05, 0) is 30.2 Å². The first-order valence-corrected chi connectivity index (χ1v) is 6.41. The van der Waals surface area contributed by atoms with Gasteiger partial charge in [0.05, 0.1) is 11.8 Å². The summed E-state index contributed by atoms with van der Waals surface area (Å²) < 4.78 is 4.76. The predicted molar refractivity (Wildman–Crippen MR) is 65.7 cm³/mol. The highest BCUT2D eigenvalue weighted by Crippen LogP contribution is 2.47. The van der Waals surface area contributed by atoms with Crippen LogP contribution in [0.5, 0.6) is 0 Å². The van der Waals surface area contributed by atoms with Crippen LogP contribution >= 0.6 is 0 Å². The van der Waals surface area contributed by atoms with Crippen LogP contribution in [0.4, 0.5) is 0 Å². The number of fused-ring (bicyclic) bond motifs is 1. The van der Waals surface area contributed by atoms with Crippen LogP contribution in [0, 0.1) is 11.8 Å². The number of esters is 2. The quantitative estimate of drug-likeness (QED) is 0.563. The van der Waals surface area contributed by atoms with Crippen LogP contribution in [0.2, 0.25) is 0 Å². The van der Waals surface area contributed by atoms with E-state index >= 15 is 0 Å². The van der Waals surface area contributed by atoms with Crippen LogP contribution in [-0.2, 0) is 19.7 Å². The smallest absolute Gasteiger partial charge is 0.317 e. The molecule has 3 rings (SSSR count). The molecule has 1 heterocycles. The van der Waals surface area contributed by atoms with Gasteiger partial charge in [0.1, 0.15) is 0 Å². The second-order valence-electron chi connectivity index (χ2n) is 5.62. The van der Waals surface area contributed by atoms with E-state index in [1.165, 1.54) is 5.56 Å². The Balaban J connectivity index is 1.90. The van der Waals surface area contributed by atoms with Crippen molar-refractivity contribution in [1.82, 2.24) is 0 Å². The largest absolute Gasteiger partial charge is 0.393 e. The van der Waals surface area contributed by atoms with E-state index in [1.807, 2.05) is 18.2 Å². The highest BCUT2D eigenvalue weighted by Gasteiger charge is 2.51. The fourth-order valence-corrected chi connectivity index (χ4v) is 3.29. The first kappa shape index (κ1) is 11.5. The van der Waals surface area contributed by atoms with Crippen LogP contribution in [-0.4, -0.2) is 11.9 Å². The van der Waals surface area contributed by atoms with Gasteiger partial charge < -0.3 is 4.74 Å². The zero-order valence-corrected chi connectivity index (χ0v) is 10.4. The Morgan fingerprint density at radius 1 is 1.11 bits per heavy atom. The Morgan fingerprint density at radius 3 is 2.50 bits per heavy atom. The third kappa shape index (κ3) is 1.65. The molecule has 0 spiro atoms. The molecule has 1 saturated heterocycles. The topological polar surface area (TPSA) is 43.4 Å². The molecule has 3 nitrogen and oxygen atoms in total. The Morgan fingerprint density at radius 2 is 1.78 bits per heavy atom. The predicted octanol–water partition coefficient (Wildman–Crippen LogP) is 2.44. The molecule has 1 saturated carbocycles. The van der Waals surface area contributed by atoms with Crippen LogP contribution in [0.3, 0.4) is 0 Å². The fraction of sp³-hybridized carbons (Fsp3) is 0.467. The summed E-state index contributed by atoms with van der Waals surface area (Å²) in [6.07, 6.45) is 2.40. The van der Waals surface area contributed by atoms with Crippen molar-refractivity contribution in [2.45, 2.75) is 31.6 Å². The second kappa shape index (κ2) is 3.94. The molecule has 1 aromatic carbocycles. The highest BCUT2D eigenvalue weighted by molar-refractivity contribution is 5.96. The van der Waals surface area contributed by atoms with E-state index in [4.69, 9.17) is 4.74 Å². The summed E-state index contributed by atoms with van der Waals surface area (Å²) in [5.74, 6) is -1.09. The van der Waals surface area contributed by atoms with E-state index in [1.54, 1.807) is 0 Å². The lowest BCUT2D eigenvalue weighted by molar-refractivity contribution is -0.153. The summed E-state index contributed by atoms with van der Waals surface area (Å²) >= 11 is 0. The lowest BCUT2D eigenvalue weighted by Gasteiger charge is -2.37. The van der Waals surface area contributed by atoms with E-state index in [0.29, 0.717) is 6.42 Å². The number of hydrogen-bond donors (Lipinski definition) is 0. The Labute approximate surface area is 106 Å². The molecule has 0 amide bonds. The van der Waals surface area contributed by atoms with Gasteiger partial charge in [-0.3, -0.25) is 9.59 Å². The van der Waals surface area contributed by atoms with Crippen LogP contribution in [0.25, 0.3) is 0 Å². The van der Waals surface area contributed by atoms with Crippen molar-refractivity contribution in [1.29, 1.82) is 0 Å². The van der Waals surface area contributed by atoms with Crippen molar-refractivity contribution in [3.8, 4) is 0 Å². The number of cyclic esters (lactones) is 2. The Kier molecular flexibility index (Phi) is 2.51. The summed E-state index contributed by atoms with van der Waals surface area (Å²) in [4.78, 5) is 23.2. The molecule has 0 N–H and O–H groups in total. The van der Waals surface area contributed by atoms with Gasteiger partial charge in [0, 0.05) is 0 Å². The van der Waals surface area contributed by atoms with Crippen molar-refractivity contribution in [2.24, 2.45) is 11.8 Å². The highest BCUT2D eigenvalue weighted by atomic mass is 16.6. The average Bonchev–Trinajstić information content (AvgIpc) is 2.65. The molecule has 3 atom stereocenters. The number of hydrogen-bond acceptors (Lipinski definition) is 3. The maximum atomic E-state index is 11.7. The molecule has 94 valence electrons. The first-order chi connectivity index (χ1) is 8.60. The van der Waals surface area contributed by atoms with Crippen molar-refractivity contribution in [2.75, 3.05) is 0 Å². The summed E-state index contributed by atoms with van der Waals surface area (Å²) in [7, 11) is 0. The number of benzene rings is 1. The van der Waals surface area contributed by atoms with Gasteiger partial charge in [-0.2, -0.15) is 0 Å². The molecular weight excluding hydrogens is 228 g/mol. The van der Waals surface area contributed by atoms with Gasteiger partial charge in [0.15, 0.2) is 0 Å². The van der Waals surface area contributed by atoms with Crippen molar-refractivity contribution in [3.63, 3.8) is 0 Å². The zero-order valence-electron chi connectivity index (χ0n) is 10.4. The number of carbonyl (C=O) groups excluding carboxylic acids is 2. The molecule has 1 aliphatic heterocycles. The molecule has 2 fully saturated rings. The number of carbonyl (C=O) groups is 2. The van der Waals surface area contributed by atoms with Crippen LogP contribution in [0.1, 0.15) is 31.7 Å². The van der Waals surface area contributed by atoms with Gasteiger partial charge >= 0.3 is 11.9 Å². The molecule has 18 heavy (non-hydrogen) atoms. The van der Waals surface area contributed by atoms with E-state index in [9.17, 15) is 9.59 Å². The van der Waals surface area contributed by atoms with Gasteiger partial charge in [-0.25, -0.2) is 0 Å². The molecule has 0 aromatic heterocycles. The summed E-state index contributed by atoms with van der Waals surface area (Å²) in [5, 5.41) is 0. The maximum Gasteiger partial charge on any atom is 0.317 e. The minimum absolute atomic E-state index is 0.0218. The molecule has 0 radical (unpaired) electrons. The van der Waals surface area contributed by atoms with E-state index in [0.717, 1.165) is 12.8 Å². The maximum absolute atomic E-state index is 11.7. The second-order valence-corrected chi connectivity index (χ2v) is 5.62. The molecule has 0 bridgehead atoms. The van der Waals surface area contributed by atoms with Crippen molar-refractivity contribution >= 4 is 11.9 Å².